The number of hydrogen-bond acceptors (Lipinski definition) is 4. The Balaban J connectivity index is 1.72. The Morgan fingerprint density at radius 3 is 2.76 bits per heavy atom. The molecular weight excluding hydrogens is 368 g/mol. The van der Waals surface area contributed by atoms with Gasteiger partial charge in [-0.15, -0.1) is 11.8 Å². The van der Waals surface area contributed by atoms with Crippen molar-refractivity contribution in [2.24, 2.45) is 5.92 Å². The predicted octanol–water partition coefficient (Wildman–Crippen LogP) is 4.32. The molecule has 1 aromatic heterocycles. The smallest absolute Gasteiger partial charge is 0.223 e. The molecule has 6 heteroatoms. The summed E-state index contributed by atoms with van der Waals surface area (Å²) in [6.45, 7) is 0.552. The van der Waals surface area contributed by atoms with Crippen LogP contribution in [0.1, 0.15) is 17.7 Å². The first-order valence-electron chi connectivity index (χ1n) is 6.75. The Labute approximate surface area is 140 Å². The van der Waals surface area contributed by atoms with Crippen LogP contribution in [0.15, 0.2) is 33.6 Å². The third-order valence-electron chi connectivity index (χ3n) is 3.43. The number of rotatable bonds is 5. The van der Waals surface area contributed by atoms with E-state index in [1.54, 1.807) is 11.8 Å². The van der Waals surface area contributed by atoms with Crippen LogP contribution >= 0.6 is 39.2 Å². The summed E-state index contributed by atoms with van der Waals surface area (Å²) in [5.74, 6) is 0.413. The van der Waals surface area contributed by atoms with Crippen molar-refractivity contribution in [2.45, 2.75) is 24.3 Å². The van der Waals surface area contributed by atoms with E-state index < -0.39 is 0 Å². The molecule has 0 radical (unpaired) electrons. The van der Waals surface area contributed by atoms with Gasteiger partial charge in [-0.25, -0.2) is 0 Å². The molecule has 3 nitrogen and oxygen atoms in total. The van der Waals surface area contributed by atoms with E-state index in [1.807, 2.05) is 0 Å². The third-order valence-corrected chi connectivity index (χ3v) is 6.14. The molecule has 0 aliphatic heterocycles. The fraction of sp³-hybridized carbons (Fsp3) is 0.333. The molecule has 1 heterocycles. The van der Waals surface area contributed by atoms with Crippen molar-refractivity contribution in [3.63, 3.8) is 0 Å². The van der Waals surface area contributed by atoms with Gasteiger partial charge in [0.25, 0.3) is 0 Å². The monoisotopic (exact) mass is 382 g/mol. The van der Waals surface area contributed by atoms with Crippen LogP contribution in [0.5, 0.6) is 0 Å². The van der Waals surface area contributed by atoms with Gasteiger partial charge in [0, 0.05) is 16.4 Å². The van der Waals surface area contributed by atoms with Crippen molar-refractivity contribution in [1.82, 2.24) is 9.69 Å². The van der Waals surface area contributed by atoms with Crippen LogP contribution in [0.2, 0.25) is 0 Å². The first-order chi connectivity index (χ1) is 10.2. The fourth-order valence-electron chi connectivity index (χ4n) is 2.01. The highest BCUT2D eigenvalue weighted by Gasteiger charge is 2.29. The first-order valence-corrected chi connectivity index (χ1v) is 9.54. The number of benzene rings is 1. The van der Waals surface area contributed by atoms with Gasteiger partial charge in [0.2, 0.25) is 5.91 Å². The minimum atomic E-state index is 0.168. The molecule has 1 aromatic carbocycles. The van der Waals surface area contributed by atoms with Crippen LogP contribution in [0.25, 0.3) is 11.3 Å². The minimum absolute atomic E-state index is 0.168. The number of hydrogen-bond donors (Lipinski definition) is 1. The molecule has 1 amide bonds. The number of nitrogens with zero attached hydrogens (tertiary/aromatic N) is 1. The number of halogens is 1. The average molecular weight is 383 g/mol. The van der Waals surface area contributed by atoms with E-state index in [1.165, 1.54) is 16.4 Å². The zero-order valence-electron chi connectivity index (χ0n) is 11.6. The summed E-state index contributed by atoms with van der Waals surface area (Å²) in [6, 6.07) is 8.36. The number of nitrogens with one attached hydrogen (secondary N) is 1. The summed E-state index contributed by atoms with van der Waals surface area (Å²) in [5, 5.41) is 2.98. The molecule has 0 atom stereocenters. The zero-order valence-corrected chi connectivity index (χ0v) is 14.8. The normalized spacial score (nSPS) is 14.2. The molecule has 0 spiro atoms. The standard InChI is InChI=1S/C15H15BrN2OS2/c1-20-11-6-4-9(5-7-11)14-13(16)12(21-18-14)8-17-15(19)10-2-3-10/h4-7,10H,2-3,8H2,1H3,(H,17,19). The van der Waals surface area contributed by atoms with E-state index in [9.17, 15) is 4.79 Å². The van der Waals surface area contributed by atoms with E-state index in [0.717, 1.165) is 33.4 Å². The summed E-state index contributed by atoms with van der Waals surface area (Å²) in [6.07, 6.45) is 4.12. The lowest BCUT2D eigenvalue weighted by atomic mass is 10.1. The van der Waals surface area contributed by atoms with Crippen molar-refractivity contribution < 1.29 is 4.79 Å². The van der Waals surface area contributed by atoms with Crippen molar-refractivity contribution in [3.05, 3.63) is 33.6 Å². The lowest BCUT2D eigenvalue weighted by Crippen LogP contribution is -2.23. The lowest BCUT2D eigenvalue weighted by molar-refractivity contribution is -0.122. The van der Waals surface area contributed by atoms with Crippen LogP contribution in [0.4, 0.5) is 0 Å². The molecule has 110 valence electrons. The largest absolute Gasteiger partial charge is 0.351 e. The highest BCUT2D eigenvalue weighted by molar-refractivity contribution is 9.10. The van der Waals surface area contributed by atoms with Gasteiger partial charge in [0.05, 0.1) is 21.6 Å². The average Bonchev–Trinajstić information content (AvgIpc) is 3.30. The molecule has 1 aliphatic rings. The Morgan fingerprint density at radius 1 is 1.43 bits per heavy atom. The quantitative estimate of drug-likeness (QED) is 0.782. The number of amides is 1. The van der Waals surface area contributed by atoms with E-state index in [2.05, 4.69) is 56.1 Å². The number of carbonyl (C=O) groups is 1. The molecule has 3 rings (SSSR count). The molecule has 0 bridgehead atoms. The van der Waals surface area contributed by atoms with Crippen LogP contribution < -0.4 is 5.32 Å². The van der Waals surface area contributed by atoms with Crippen molar-refractivity contribution >= 4 is 45.1 Å². The van der Waals surface area contributed by atoms with Crippen LogP contribution in [-0.4, -0.2) is 16.5 Å². The highest BCUT2D eigenvalue weighted by Crippen LogP contribution is 2.34. The molecular formula is C15H15BrN2OS2. The van der Waals surface area contributed by atoms with Gasteiger partial charge >= 0.3 is 0 Å². The maximum Gasteiger partial charge on any atom is 0.223 e. The Bertz CT molecular complexity index is 650. The van der Waals surface area contributed by atoms with Gasteiger partial charge in [-0.2, -0.15) is 4.37 Å². The summed E-state index contributed by atoms with van der Waals surface area (Å²) in [7, 11) is 0. The third kappa shape index (κ3) is 3.49. The maximum absolute atomic E-state index is 11.7. The molecule has 1 N–H and O–H groups in total. The minimum Gasteiger partial charge on any atom is -0.351 e. The second kappa shape index (κ2) is 6.50. The topological polar surface area (TPSA) is 42.0 Å². The lowest BCUT2D eigenvalue weighted by Gasteiger charge is -2.03. The molecule has 2 aromatic rings. The maximum atomic E-state index is 11.7. The van der Waals surface area contributed by atoms with Gasteiger partial charge in [0.15, 0.2) is 0 Å². The van der Waals surface area contributed by atoms with Gasteiger partial charge in [-0.1, -0.05) is 12.1 Å². The van der Waals surface area contributed by atoms with Gasteiger partial charge in [-0.05, 0) is 58.7 Å². The predicted molar refractivity (Wildman–Crippen MR) is 91.6 cm³/mol. The van der Waals surface area contributed by atoms with E-state index in [4.69, 9.17) is 0 Å². The Hall–Kier alpha value is -0.850. The van der Waals surface area contributed by atoms with E-state index in [0.29, 0.717) is 6.54 Å². The second-order valence-electron chi connectivity index (χ2n) is 4.99. The van der Waals surface area contributed by atoms with Crippen molar-refractivity contribution in [1.29, 1.82) is 0 Å². The summed E-state index contributed by atoms with van der Waals surface area (Å²) >= 11 is 6.78. The Morgan fingerprint density at radius 2 is 2.14 bits per heavy atom. The number of thioether (sulfide) groups is 1. The van der Waals surface area contributed by atoms with E-state index in [-0.39, 0.29) is 11.8 Å². The van der Waals surface area contributed by atoms with Crippen LogP contribution in [0.3, 0.4) is 0 Å². The molecule has 0 saturated heterocycles. The highest BCUT2D eigenvalue weighted by atomic mass is 79.9. The second-order valence-corrected chi connectivity index (χ2v) is 7.52. The molecule has 21 heavy (non-hydrogen) atoms. The summed E-state index contributed by atoms with van der Waals surface area (Å²) < 4.78 is 5.50. The number of carbonyl (C=O) groups excluding carboxylic acids is 1. The molecule has 1 aliphatic carbocycles. The molecule has 1 saturated carbocycles. The zero-order chi connectivity index (χ0) is 14.8. The van der Waals surface area contributed by atoms with Gasteiger partial charge in [0.1, 0.15) is 0 Å². The van der Waals surface area contributed by atoms with Crippen LogP contribution in [-0.2, 0) is 11.3 Å². The molecule has 1 fully saturated rings. The van der Waals surface area contributed by atoms with Gasteiger partial charge < -0.3 is 5.32 Å². The Kier molecular flexibility index (Phi) is 4.66. The van der Waals surface area contributed by atoms with Crippen molar-refractivity contribution in [3.8, 4) is 11.3 Å². The van der Waals surface area contributed by atoms with Crippen LogP contribution in [0, 0.1) is 5.92 Å². The SMILES string of the molecule is CSc1ccc(-c2nsc(CNC(=O)C3CC3)c2Br)cc1. The fourth-order valence-corrected chi connectivity index (χ4v) is 3.92. The molecule has 0 unspecified atom stereocenters. The van der Waals surface area contributed by atoms with Gasteiger partial charge in [-0.3, -0.25) is 4.79 Å². The summed E-state index contributed by atoms with van der Waals surface area (Å²) in [4.78, 5) is 14.0. The first kappa shape index (κ1) is 15.1. The number of aromatic nitrogens is 1. The summed E-state index contributed by atoms with van der Waals surface area (Å²) in [5.41, 5.74) is 2.04. The van der Waals surface area contributed by atoms with E-state index >= 15 is 0 Å². The van der Waals surface area contributed by atoms with Crippen molar-refractivity contribution in [2.75, 3.05) is 6.26 Å².